The number of halogens is 1. The summed E-state index contributed by atoms with van der Waals surface area (Å²) in [6, 6.07) is 5.13. The topological polar surface area (TPSA) is 55.6 Å². The molecular weight excluding hydrogens is 244 g/mol. The molecule has 0 saturated carbocycles. The molecule has 0 amide bonds. The van der Waals surface area contributed by atoms with Crippen LogP contribution in [-0.2, 0) is 10.6 Å². The molecule has 1 aliphatic heterocycles. The van der Waals surface area contributed by atoms with Crippen molar-refractivity contribution in [3.8, 4) is 0 Å². The molecule has 0 spiro atoms. The van der Waals surface area contributed by atoms with E-state index in [1.165, 1.54) is 6.07 Å². The summed E-state index contributed by atoms with van der Waals surface area (Å²) in [5, 5.41) is 11.0. The number of nitro benzene ring substituents is 1. The third-order valence-electron chi connectivity index (χ3n) is 2.74. The Hall–Kier alpha value is -1.33. The van der Waals surface area contributed by atoms with Crippen molar-refractivity contribution in [2.45, 2.75) is 5.88 Å². The molecule has 0 aromatic heterocycles. The Labute approximate surface area is 104 Å². The van der Waals surface area contributed by atoms with Crippen molar-refractivity contribution in [1.82, 2.24) is 0 Å². The lowest BCUT2D eigenvalue weighted by molar-refractivity contribution is -0.384. The molecule has 1 fully saturated rings. The second-order valence-corrected chi connectivity index (χ2v) is 4.08. The van der Waals surface area contributed by atoms with Crippen molar-refractivity contribution >= 4 is 23.0 Å². The van der Waals surface area contributed by atoms with Crippen LogP contribution in [-0.4, -0.2) is 31.2 Å². The van der Waals surface area contributed by atoms with Gasteiger partial charge >= 0.3 is 0 Å². The monoisotopic (exact) mass is 256 g/mol. The number of benzene rings is 1. The van der Waals surface area contributed by atoms with Crippen LogP contribution in [0.15, 0.2) is 18.2 Å². The van der Waals surface area contributed by atoms with Gasteiger partial charge in [-0.1, -0.05) is 6.07 Å². The van der Waals surface area contributed by atoms with E-state index in [4.69, 9.17) is 16.3 Å². The third kappa shape index (κ3) is 2.68. The first kappa shape index (κ1) is 12.1. The highest BCUT2D eigenvalue weighted by Crippen LogP contribution is 2.30. The van der Waals surface area contributed by atoms with Crippen LogP contribution < -0.4 is 4.90 Å². The molecule has 0 atom stereocenters. The third-order valence-corrected chi connectivity index (χ3v) is 3.05. The van der Waals surface area contributed by atoms with E-state index < -0.39 is 0 Å². The van der Waals surface area contributed by atoms with Gasteiger partial charge in [0.05, 0.1) is 18.1 Å². The Kier molecular flexibility index (Phi) is 3.81. The zero-order valence-corrected chi connectivity index (χ0v) is 10.0. The summed E-state index contributed by atoms with van der Waals surface area (Å²) in [7, 11) is 0. The van der Waals surface area contributed by atoms with Crippen LogP contribution in [0.25, 0.3) is 0 Å². The highest BCUT2D eigenvalue weighted by molar-refractivity contribution is 6.17. The number of morpholine rings is 1. The van der Waals surface area contributed by atoms with Crippen LogP contribution in [0.1, 0.15) is 5.56 Å². The molecule has 1 aromatic rings. The van der Waals surface area contributed by atoms with Crippen molar-refractivity contribution < 1.29 is 9.66 Å². The number of hydrogen-bond donors (Lipinski definition) is 0. The summed E-state index contributed by atoms with van der Waals surface area (Å²) in [6.45, 7) is 2.57. The smallest absolute Gasteiger partial charge is 0.292 e. The van der Waals surface area contributed by atoms with Crippen LogP contribution in [0.3, 0.4) is 0 Å². The van der Waals surface area contributed by atoms with Gasteiger partial charge in [-0.2, -0.15) is 0 Å². The average Bonchev–Trinajstić information content (AvgIpc) is 2.39. The minimum Gasteiger partial charge on any atom is -0.378 e. The van der Waals surface area contributed by atoms with Crippen LogP contribution in [0, 0.1) is 10.1 Å². The number of ether oxygens (including phenoxy) is 1. The van der Waals surface area contributed by atoms with E-state index in [1.54, 1.807) is 6.07 Å². The van der Waals surface area contributed by atoms with Crippen LogP contribution in [0.5, 0.6) is 0 Å². The predicted octanol–water partition coefficient (Wildman–Crippen LogP) is 2.17. The molecule has 0 radical (unpaired) electrons. The maximum absolute atomic E-state index is 11.0. The maximum atomic E-state index is 11.0. The lowest BCUT2D eigenvalue weighted by Crippen LogP contribution is -2.36. The molecule has 1 heterocycles. The summed E-state index contributed by atoms with van der Waals surface area (Å²) in [5.74, 6) is 0.282. The first-order chi connectivity index (χ1) is 8.22. The average molecular weight is 257 g/mol. The Morgan fingerprint density at radius 3 is 2.71 bits per heavy atom. The highest BCUT2D eigenvalue weighted by atomic mass is 35.5. The van der Waals surface area contributed by atoms with Crippen molar-refractivity contribution in [2.24, 2.45) is 0 Å². The minimum absolute atomic E-state index is 0.116. The van der Waals surface area contributed by atoms with Gasteiger partial charge < -0.3 is 9.64 Å². The maximum Gasteiger partial charge on any atom is 0.292 e. The first-order valence-corrected chi connectivity index (χ1v) is 5.92. The van der Waals surface area contributed by atoms with Gasteiger partial charge in [-0.15, -0.1) is 11.6 Å². The molecule has 1 saturated heterocycles. The molecule has 17 heavy (non-hydrogen) atoms. The first-order valence-electron chi connectivity index (χ1n) is 5.38. The van der Waals surface area contributed by atoms with E-state index in [-0.39, 0.29) is 16.5 Å². The molecule has 1 aliphatic rings. The summed E-state index contributed by atoms with van der Waals surface area (Å²) < 4.78 is 5.23. The van der Waals surface area contributed by atoms with E-state index in [1.807, 2.05) is 11.0 Å². The molecule has 6 heteroatoms. The van der Waals surface area contributed by atoms with Gasteiger partial charge in [-0.3, -0.25) is 10.1 Å². The molecule has 0 bridgehead atoms. The van der Waals surface area contributed by atoms with Crippen molar-refractivity contribution in [2.75, 3.05) is 31.2 Å². The van der Waals surface area contributed by atoms with Gasteiger partial charge in [-0.05, 0) is 11.6 Å². The van der Waals surface area contributed by atoms with Crippen LogP contribution in [0.4, 0.5) is 11.4 Å². The van der Waals surface area contributed by atoms with Gasteiger partial charge in [0.15, 0.2) is 0 Å². The van der Waals surface area contributed by atoms with Crippen LogP contribution in [0.2, 0.25) is 0 Å². The number of nitro groups is 1. The SMILES string of the molecule is O=[N+]([O-])c1cc(CCl)ccc1N1CCOCC1. The Morgan fingerprint density at radius 1 is 1.41 bits per heavy atom. The highest BCUT2D eigenvalue weighted by Gasteiger charge is 2.21. The van der Waals surface area contributed by atoms with E-state index >= 15 is 0 Å². The Balaban J connectivity index is 2.34. The minimum atomic E-state index is -0.360. The van der Waals surface area contributed by atoms with Crippen molar-refractivity contribution in [3.63, 3.8) is 0 Å². The van der Waals surface area contributed by atoms with Gasteiger partial charge in [0, 0.05) is 25.0 Å². The van der Waals surface area contributed by atoms with Gasteiger partial charge in [0.2, 0.25) is 0 Å². The van der Waals surface area contributed by atoms with E-state index in [0.717, 1.165) is 5.56 Å². The second-order valence-electron chi connectivity index (χ2n) is 3.81. The Morgan fingerprint density at radius 2 is 2.12 bits per heavy atom. The largest absolute Gasteiger partial charge is 0.378 e. The summed E-state index contributed by atoms with van der Waals surface area (Å²) in [6.07, 6.45) is 0. The zero-order chi connectivity index (χ0) is 12.3. The van der Waals surface area contributed by atoms with E-state index in [2.05, 4.69) is 0 Å². The molecule has 0 N–H and O–H groups in total. The van der Waals surface area contributed by atoms with E-state index in [0.29, 0.717) is 32.0 Å². The summed E-state index contributed by atoms with van der Waals surface area (Å²) in [4.78, 5) is 12.6. The molecule has 0 aliphatic carbocycles. The van der Waals surface area contributed by atoms with Crippen molar-refractivity contribution in [1.29, 1.82) is 0 Å². The van der Waals surface area contributed by atoms with Gasteiger partial charge in [0.1, 0.15) is 5.69 Å². The van der Waals surface area contributed by atoms with Crippen molar-refractivity contribution in [3.05, 3.63) is 33.9 Å². The quantitative estimate of drug-likeness (QED) is 0.472. The van der Waals surface area contributed by atoms with Gasteiger partial charge in [0.25, 0.3) is 5.69 Å². The summed E-state index contributed by atoms with van der Waals surface area (Å²) in [5.41, 5.74) is 1.52. The molecule has 5 nitrogen and oxygen atoms in total. The lowest BCUT2D eigenvalue weighted by Gasteiger charge is -2.28. The number of alkyl halides is 1. The Bertz CT molecular complexity index is 419. The second kappa shape index (κ2) is 5.33. The number of hydrogen-bond acceptors (Lipinski definition) is 4. The molecule has 0 unspecified atom stereocenters. The zero-order valence-electron chi connectivity index (χ0n) is 9.26. The molecule has 1 aromatic carbocycles. The predicted molar refractivity (Wildman–Crippen MR) is 65.7 cm³/mol. The van der Waals surface area contributed by atoms with Crippen LogP contribution >= 0.6 is 11.6 Å². The summed E-state index contributed by atoms with van der Waals surface area (Å²) >= 11 is 5.69. The molecule has 2 rings (SSSR count). The fourth-order valence-electron chi connectivity index (χ4n) is 1.87. The van der Waals surface area contributed by atoms with E-state index in [9.17, 15) is 10.1 Å². The fraction of sp³-hybridized carbons (Fsp3) is 0.455. The molecule has 92 valence electrons. The normalized spacial score (nSPS) is 15.9. The molecular formula is C11H13ClN2O3. The standard InChI is InChI=1S/C11H13ClN2O3/c12-8-9-1-2-10(11(7-9)14(15)16)13-3-5-17-6-4-13/h1-2,7H,3-6,8H2. The fourth-order valence-corrected chi connectivity index (χ4v) is 2.04. The van der Waals surface area contributed by atoms with Gasteiger partial charge in [-0.25, -0.2) is 0 Å². The number of anilines is 1. The number of nitrogens with zero attached hydrogens (tertiary/aromatic N) is 2. The lowest BCUT2D eigenvalue weighted by atomic mass is 10.1. The number of rotatable bonds is 3.